The van der Waals surface area contributed by atoms with Crippen LogP contribution in [0, 0.1) is 5.82 Å². The predicted molar refractivity (Wildman–Crippen MR) is 76.8 cm³/mol. The van der Waals surface area contributed by atoms with Crippen LogP contribution in [0.3, 0.4) is 0 Å². The third-order valence-corrected chi connectivity index (χ3v) is 3.27. The standard InChI is InChI=1S/C15H18FN3O2/c1-2-3-14(20)18-8-10-19(11-9-18)17-15(21)12-4-6-13(16)7-5-12/h2-7H,8-11H2,1H3,(H,17,21)/b3-2+. The molecule has 0 aromatic heterocycles. The number of benzene rings is 1. The van der Waals surface area contributed by atoms with E-state index in [4.69, 9.17) is 0 Å². The number of rotatable bonds is 3. The molecule has 0 unspecified atom stereocenters. The number of hydrogen-bond acceptors (Lipinski definition) is 3. The minimum Gasteiger partial charge on any atom is -0.336 e. The van der Waals surface area contributed by atoms with Crippen molar-refractivity contribution in [2.24, 2.45) is 0 Å². The summed E-state index contributed by atoms with van der Waals surface area (Å²) < 4.78 is 12.8. The maximum atomic E-state index is 12.8. The number of hydrazine groups is 1. The van der Waals surface area contributed by atoms with Crippen LogP contribution in [0.4, 0.5) is 4.39 Å². The van der Waals surface area contributed by atoms with Gasteiger partial charge in [0.1, 0.15) is 5.82 Å². The molecule has 6 heteroatoms. The zero-order chi connectivity index (χ0) is 15.2. The van der Waals surface area contributed by atoms with Gasteiger partial charge in [-0.2, -0.15) is 0 Å². The molecule has 1 aliphatic heterocycles. The molecule has 1 N–H and O–H groups in total. The summed E-state index contributed by atoms with van der Waals surface area (Å²) in [5.74, 6) is -0.659. The molecule has 21 heavy (non-hydrogen) atoms. The quantitative estimate of drug-likeness (QED) is 0.851. The lowest BCUT2D eigenvalue weighted by molar-refractivity contribution is -0.128. The number of allylic oxidation sites excluding steroid dienone is 1. The number of nitrogens with one attached hydrogen (secondary N) is 1. The molecule has 0 saturated carbocycles. The molecule has 5 nitrogen and oxygen atoms in total. The van der Waals surface area contributed by atoms with Crippen molar-refractivity contribution in [3.8, 4) is 0 Å². The summed E-state index contributed by atoms with van der Waals surface area (Å²) in [6.45, 7) is 4.06. The largest absolute Gasteiger partial charge is 0.336 e. The second kappa shape index (κ2) is 6.99. The Labute approximate surface area is 123 Å². The fraction of sp³-hybridized carbons (Fsp3) is 0.333. The third-order valence-electron chi connectivity index (χ3n) is 3.27. The second-order valence-corrected chi connectivity index (χ2v) is 4.76. The molecule has 1 saturated heterocycles. The number of hydrogen-bond donors (Lipinski definition) is 1. The summed E-state index contributed by atoms with van der Waals surface area (Å²) in [4.78, 5) is 25.4. The van der Waals surface area contributed by atoms with Gasteiger partial charge in [0.25, 0.3) is 5.91 Å². The molecule has 1 aromatic rings. The van der Waals surface area contributed by atoms with Crippen LogP contribution in [0.2, 0.25) is 0 Å². The highest BCUT2D eigenvalue weighted by molar-refractivity contribution is 5.93. The number of carbonyl (C=O) groups excluding carboxylic acids is 2. The van der Waals surface area contributed by atoms with Gasteiger partial charge in [0.15, 0.2) is 0 Å². The predicted octanol–water partition coefficient (Wildman–Crippen LogP) is 1.19. The summed E-state index contributed by atoms with van der Waals surface area (Å²) in [5, 5.41) is 1.77. The summed E-state index contributed by atoms with van der Waals surface area (Å²) in [7, 11) is 0. The monoisotopic (exact) mass is 291 g/mol. The van der Waals surface area contributed by atoms with Crippen LogP contribution in [0.1, 0.15) is 17.3 Å². The minimum atomic E-state index is -0.373. The maximum Gasteiger partial charge on any atom is 0.265 e. The van der Waals surface area contributed by atoms with Crippen molar-refractivity contribution in [1.29, 1.82) is 0 Å². The van der Waals surface area contributed by atoms with Gasteiger partial charge in [-0.15, -0.1) is 0 Å². The van der Waals surface area contributed by atoms with Gasteiger partial charge >= 0.3 is 0 Å². The van der Waals surface area contributed by atoms with Crippen molar-refractivity contribution < 1.29 is 14.0 Å². The Morgan fingerprint density at radius 1 is 1.14 bits per heavy atom. The van der Waals surface area contributed by atoms with Gasteiger partial charge in [0.05, 0.1) is 0 Å². The molecule has 0 radical (unpaired) electrons. The Kier molecular flexibility index (Phi) is 5.05. The van der Waals surface area contributed by atoms with E-state index in [-0.39, 0.29) is 17.6 Å². The van der Waals surface area contributed by atoms with E-state index in [1.54, 1.807) is 22.9 Å². The van der Waals surface area contributed by atoms with Crippen LogP contribution >= 0.6 is 0 Å². The smallest absolute Gasteiger partial charge is 0.265 e. The van der Waals surface area contributed by atoms with Crippen LogP contribution in [0.15, 0.2) is 36.4 Å². The van der Waals surface area contributed by atoms with E-state index in [1.807, 2.05) is 0 Å². The number of halogens is 1. The molecular weight excluding hydrogens is 273 g/mol. The molecule has 0 spiro atoms. The zero-order valence-corrected chi connectivity index (χ0v) is 11.9. The van der Waals surface area contributed by atoms with E-state index in [9.17, 15) is 14.0 Å². The van der Waals surface area contributed by atoms with Crippen molar-refractivity contribution >= 4 is 11.8 Å². The molecule has 1 aliphatic rings. The first-order chi connectivity index (χ1) is 10.1. The van der Waals surface area contributed by atoms with Crippen LogP contribution in [-0.2, 0) is 4.79 Å². The van der Waals surface area contributed by atoms with Crippen LogP contribution in [0.5, 0.6) is 0 Å². The molecule has 0 atom stereocenters. The average Bonchev–Trinajstić information content (AvgIpc) is 2.49. The Bertz CT molecular complexity index is 534. The van der Waals surface area contributed by atoms with Gasteiger partial charge in [-0.3, -0.25) is 15.0 Å². The first-order valence-electron chi connectivity index (χ1n) is 6.83. The molecule has 0 bridgehead atoms. The highest BCUT2D eigenvalue weighted by atomic mass is 19.1. The molecule has 2 rings (SSSR count). The molecule has 2 amide bonds. The molecule has 0 aliphatic carbocycles. The van der Waals surface area contributed by atoms with Crippen LogP contribution < -0.4 is 5.43 Å². The van der Waals surface area contributed by atoms with E-state index >= 15 is 0 Å². The van der Waals surface area contributed by atoms with E-state index in [0.717, 1.165) is 0 Å². The number of carbonyl (C=O) groups is 2. The Morgan fingerprint density at radius 2 is 1.76 bits per heavy atom. The number of nitrogens with zero attached hydrogens (tertiary/aromatic N) is 2. The summed E-state index contributed by atoms with van der Waals surface area (Å²) >= 11 is 0. The lowest BCUT2D eigenvalue weighted by Crippen LogP contribution is -2.54. The highest BCUT2D eigenvalue weighted by Crippen LogP contribution is 2.05. The average molecular weight is 291 g/mol. The van der Waals surface area contributed by atoms with E-state index in [2.05, 4.69) is 5.43 Å². The minimum absolute atomic E-state index is 0.0120. The first-order valence-corrected chi connectivity index (χ1v) is 6.83. The number of amides is 2. The van der Waals surface area contributed by atoms with E-state index in [1.165, 1.54) is 30.3 Å². The first kappa shape index (κ1) is 15.2. The fourth-order valence-corrected chi connectivity index (χ4v) is 2.10. The molecular formula is C15H18FN3O2. The Morgan fingerprint density at radius 3 is 2.33 bits per heavy atom. The van der Waals surface area contributed by atoms with Crippen molar-refractivity contribution in [1.82, 2.24) is 15.3 Å². The van der Waals surface area contributed by atoms with Gasteiger partial charge < -0.3 is 4.90 Å². The molecule has 1 heterocycles. The van der Waals surface area contributed by atoms with E-state index < -0.39 is 0 Å². The molecule has 1 fully saturated rings. The molecule has 112 valence electrons. The highest BCUT2D eigenvalue weighted by Gasteiger charge is 2.20. The van der Waals surface area contributed by atoms with Gasteiger partial charge in [0.2, 0.25) is 5.91 Å². The lowest BCUT2D eigenvalue weighted by Gasteiger charge is -2.34. The van der Waals surface area contributed by atoms with Crippen LogP contribution in [0.25, 0.3) is 0 Å². The van der Waals surface area contributed by atoms with Crippen molar-refractivity contribution in [2.45, 2.75) is 6.92 Å². The third kappa shape index (κ3) is 4.13. The topological polar surface area (TPSA) is 52.7 Å². The van der Waals surface area contributed by atoms with Gasteiger partial charge in [-0.1, -0.05) is 6.08 Å². The lowest BCUT2D eigenvalue weighted by atomic mass is 10.2. The number of piperazine rings is 1. The fourth-order valence-electron chi connectivity index (χ4n) is 2.10. The van der Waals surface area contributed by atoms with Gasteiger partial charge in [-0.05, 0) is 37.3 Å². The maximum absolute atomic E-state index is 12.8. The second-order valence-electron chi connectivity index (χ2n) is 4.76. The summed E-state index contributed by atoms with van der Waals surface area (Å²) in [6, 6.07) is 5.39. The van der Waals surface area contributed by atoms with Crippen LogP contribution in [-0.4, -0.2) is 47.9 Å². The Balaban J connectivity index is 1.84. The van der Waals surface area contributed by atoms with Gasteiger partial charge in [-0.25, -0.2) is 9.40 Å². The summed E-state index contributed by atoms with van der Waals surface area (Å²) in [5.41, 5.74) is 3.17. The van der Waals surface area contributed by atoms with Crippen molar-refractivity contribution in [3.05, 3.63) is 47.8 Å². The van der Waals surface area contributed by atoms with Crippen molar-refractivity contribution in [2.75, 3.05) is 26.2 Å². The SMILES string of the molecule is C/C=C/C(=O)N1CCN(NC(=O)c2ccc(F)cc2)CC1. The summed E-state index contributed by atoms with van der Waals surface area (Å²) in [6.07, 6.45) is 3.25. The zero-order valence-electron chi connectivity index (χ0n) is 11.9. The van der Waals surface area contributed by atoms with E-state index in [0.29, 0.717) is 31.7 Å². The van der Waals surface area contributed by atoms with Gasteiger partial charge in [0, 0.05) is 31.7 Å². The normalized spacial score (nSPS) is 16.2. The molecule has 1 aromatic carbocycles. The van der Waals surface area contributed by atoms with Crippen molar-refractivity contribution in [3.63, 3.8) is 0 Å². The Hall–Kier alpha value is -2.21.